The zero-order chi connectivity index (χ0) is 13.9. The number of hydrogen-bond acceptors (Lipinski definition) is 3. The number of rotatable bonds is 4. The van der Waals surface area contributed by atoms with E-state index in [0.29, 0.717) is 5.41 Å². The lowest BCUT2D eigenvalue weighted by molar-refractivity contribution is 0.150. The molecular weight excluding hydrogens is 236 g/mol. The average molecular weight is 262 g/mol. The number of nitrogens with two attached hydrogens (primary N) is 1. The van der Waals surface area contributed by atoms with Crippen LogP contribution in [-0.4, -0.2) is 11.6 Å². The lowest BCUT2D eigenvalue weighted by Crippen LogP contribution is -2.44. The highest BCUT2D eigenvalue weighted by Crippen LogP contribution is 2.44. The third-order valence-corrected chi connectivity index (χ3v) is 4.03. The van der Waals surface area contributed by atoms with Gasteiger partial charge in [0.05, 0.1) is 12.8 Å². The molecule has 3 nitrogen and oxygen atoms in total. The van der Waals surface area contributed by atoms with Gasteiger partial charge in [-0.2, -0.15) is 0 Å². The van der Waals surface area contributed by atoms with Crippen LogP contribution in [-0.2, 0) is 5.54 Å². The fourth-order valence-electron chi connectivity index (χ4n) is 3.15. The van der Waals surface area contributed by atoms with E-state index in [9.17, 15) is 0 Å². The molecule has 2 N–H and O–H groups in total. The van der Waals surface area contributed by atoms with Crippen LogP contribution in [0.1, 0.15) is 58.4 Å². The highest BCUT2D eigenvalue weighted by atomic mass is 16.5. The second-order valence-corrected chi connectivity index (χ2v) is 6.61. The van der Waals surface area contributed by atoms with E-state index in [-0.39, 0.29) is 5.54 Å². The summed E-state index contributed by atoms with van der Waals surface area (Å²) in [7, 11) is 0. The summed E-state index contributed by atoms with van der Waals surface area (Å²) in [6, 6.07) is 2.07. The van der Waals surface area contributed by atoms with Gasteiger partial charge in [0.25, 0.3) is 0 Å². The number of ether oxygens (including phenoxy) is 1. The van der Waals surface area contributed by atoms with Crippen LogP contribution in [0.4, 0.5) is 0 Å². The van der Waals surface area contributed by atoms with Crippen molar-refractivity contribution in [3.05, 3.63) is 24.0 Å². The molecule has 0 aliphatic heterocycles. The fraction of sp³-hybridized carbons (Fsp3) is 0.688. The predicted octanol–water partition coefficient (Wildman–Crippen LogP) is 3.62. The van der Waals surface area contributed by atoms with Gasteiger partial charge < -0.3 is 10.5 Å². The first-order valence-corrected chi connectivity index (χ1v) is 7.32. The second-order valence-electron chi connectivity index (χ2n) is 6.61. The zero-order valence-electron chi connectivity index (χ0n) is 12.4. The molecule has 0 bridgehead atoms. The molecule has 19 heavy (non-hydrogen) atoms. The molecule has 0 radical (unpaired) electrons. The van der Waals surface area contributed by atoms with Crippen LogP contribution in [0.25, 0.3) is 0 Å². The summed E-state index contributed by atoms with van der Waals surface area (Å²) in [5.41, 5.74) is 7.84. The van der Waals surface area contributed by atoms with Crippen molar-refractivity contribution >= 4 is 0 Å². The molecule has 106 valence electrons. The van der Waals surface area contributed by atoms with Gasteiger partial charge in [0, 0.05) is 11.7 Å². The van der Waals surface area contributed by atoms with E-state index in [4.69, 9.17) is 10.5 Å². The Kier molecular flexibility index (Phi) is 4.14. The van der Waals surface area contributed by atoms with Crippen LogP contribution >= 0.6 is 0 Å². The monoisotopic (exact) mass is 262 g/mol. The van der Waals surface area contributed by atoms with E-state index in [1.165, 1.54) is 12.8 Å². The van der Waals surface area contributed by atoms with E-state index in [1.54, 1.807) is 6.20 Å². The largest absolute Gasteiger partial charge is 0.492 e. The van der Waals surface area contributed by atoms with E-state index in [1.807, 2.05) is 6.20 Å². The molecule has 0 saturated heterocycles. The summed E-state index contributed by atoms with van der Waals surface area (Å²) in [6.45, 7) is 7.44. The van der Waals surface area contributed by atoms with Crippen LogP contribution in [0.3, 0.4) is 0 Å². The number of pyridine rings is 1. The maximum Gasteiger partial charge on any atom is 0.137 e. The van der Waals surface area contributed by atoms with Crippen LogP contribution in [0.5, 0.6) is 5.75 Å². The quantitative estimate of drug-likeness (QED) is 0.901. The van der Waals surface area contributed by atoms with Crippen molar-refractivity contribution in [3.63, 3.8) is 0 Å². The molecular formula is C16H26N2O. The second kappa shape index (κ2) is 5.49. The minimum atomic E-state index is -0.250. The Balaban J connectivity index is 2.20. The lowest BCUT2D eigenvalue weighted by atomic mass is 9.66. The number of hydrogen-bond donors (Lipinski definition) is 1. The van der Waals surface area contributed by atoms with Crippen molar-refractivity contribution in [2.24, 2.45) is 11.1 Å². The summed E-state index contributed by atoms with van der Waals surface area (Å²) < 4.78 is 5.67. The molecule has 1 atom stereocenters. The van der Waals surface area contributed by atoms with Crippen LogP contribution in [0, 0.1) is 5.41 Å². The molecule has 1 aromatic heterocycles. The first kappa shape index (κ1) is 14.3. The minimum Gasteiger partial charge on any atom is -0.492 e. The summed E-state index contributed by atoms with van der Waals surface area (Å²) >= 11 is 0. The van der Waals surface area contributed by atoms with Crippen molar-refractivity contribution in [1.82, 2.24) is 4.98 Å². The number of nitrogens with zero attached hydrogens (tertiary/aromatic N) is 1. The van der Waals surface area contributed by atoms with Gasteiger partial charge in [0.1, 0.15) is 5.75 Å². The molecule has 1 aliphatic carbocycles. The molecule has 1 heterocycles. The van der Waals surface area contributed by atoms with Gasteiger partial charge in [-0.15, -0.1) is 0 Å². The van der Waals surface area contributed by atoms with Gasteiger partial charge in [-0.05, 0) is 42.7 Å². The third-order valence-electron chi connectivity index (χ3n) is 4.03. The van der Waals surface area contributed by atoms with Crippen molar-refractivity contribution in [1.29, 1.82) is 0 Å². The molecule has 0 amide bonds. The van der Waals surface area contributed by atoms with Crippen molar-refractivity contribution in [2.75, 3.05) is 6.61 Å². The van der Waals surface area contributed by atoms with Gasteiger partial charge in [0.15, 0.2) is 0 Å². The Bertz CT molecular complexity index is 431. The van der Waals surface area contributed by atoms with E-state index in [2.05, 4.69) is 31.8 Å². The average Bonchev–Trinajstić information content (AvgIpc) is 2.35. The zero-order valence-corrected chi connectivity index (χ0v) is 12.4. The van der Waals surface area contributed by atoms with Crippen molar-refractivity contribution in [3.8, 4) is 5.75 Å². The predicted molar refractivity (Wildman–Crippen MR) is 78.1 cm³/mol. The standard InChI is InChI=1S/C16H26N2O/c1-4-8-19-14-9-13(10-18-11-14)16(17)7-5-6-15(2,3)12-16/h9-11H,4-8,12,17H2,1-3H3. The Morgan fingerprint density at radius 1 is 1.32 bits per heavy atom. The fourth-order valence-corrected chi connectivity index (χ4v) is 3.15. The number of aromatic nitrogens is 1. The van der Waals surface area contributed by atoms with Crippen molar-refractivity contribution in [2.45, 2.75) is 58.4 Å². The molecule has 0 aromatic carbocycles. The van der Waals surface area contributed by atoms with Crippen molar-refractivity contribution < 1.29 is 4.74 Å². The Labute approximate surface area is 116 Å². The normalized spacial score (nSPS) is 26.1. The topological polar surface area (TPSA) is 48.1 Å². The van der Waals surface area contributed by atoms with Gasteiger partial charge >= 0.3 is 0 Å². The smallest absolute Gasteiger partial charge is 0.137 e. The SMILES string of the molecule is CCCOc1cncc(C2(N)CCCC(C)(C)C2)c1. The van der Waals surface area contributed by atoms with E-state index in [0.717, 1.165) is 37.2 Å². The molecule has 1 aliphatic rings. The Hall–Kier alpha value is -1.09. The van der Waals surface area contributed by atoms with Crippen LogP contribution in [0.15, 0.2) is 18.5 Å². The third kappa shape index (κ3) is 3.47. The highest BCUT2D eigenvalue weighted by Gasteiger charge is 2.38. The van der Waals surface area contributed by atoms with E-state index < -0.39 is 0 Å². The van der Waals surface area contributed by atoms with Gasteiger partial charge in [0.2, 0.25) is 0 Å². The first-order valence-electron chi connectivity index (χ1n) is 7.32. The molecule has 3 heteroatoms. The maximum atomic E-state index is 6.66. The first-order chi connectivity index (χ1) is 8.95. The van der Waals surface area contributed by atoms with Crippen LogP contribution < -0.4 is 10.5 Å². The van der Waals surface area contributed by atoms with Gasteiger partial charge in [-0.3, -0.25) is 4.98 Å². The van der Waals surface area contributed by atoms with Gasteiger partial charge in [-0.1, -0.05) is 27.2 Å². The molecule has 1 aromatic rings. The van der Waals surface area contributed by atoms with E-state index >= 15 is 0 Å². The Morgan fingerprint density at radius 2 is 2.11 bits per heavy atom. The highest BCUT2D eigenvalue weighted by molar-refractivity contribution is 5.30. The Morgan fingerprint density at radius 3 is 2.79 bits per heavy atom. The molecule has 0 spiro atoms. The molecule has 1 fully saturated rings. The molecule has 2 rings (SSSR count). The summed E-state index contributed by atoms with van der Waals surface area (Å²) in [6.07, 6.45) is 9.17. The molecule has 1 saturated carbocycles. The lowest BCUT2D eigenvalue weighted by Gasteiger charge is -2.42. The summed E-state index contributed by atoms with van der Waals surface area (Å²) in [4.78, 5) is 4.30. The maximum absolute atomic E-state index is 6.66. The van der Waals surface area contributed by atoms with Crippen LogP contribution in [0.2, 0.25) is 0 Å². The molecule has 1 unspecified atom stereocenters. The summed E-state index contributed by atoms with van der Waals surface area (Å²) in [5.74, 6) is 0.840. The summed E-state index contributed by atoms with van der Waals surface area (Å²) in [5, 5.41) is 0. The minimum absolute atomic E-state index is 0.250. The van der Waals surface area contributed by atoms with Gasteiger partial charge in [-0.25, -0.2) is 0 Å².